The third kappa shape index (κ3) is 5.44. The number of aromatic nitrogens is 6. The first-order valence-electron chi connectivity index (χ1n) is 13.6. The van der Waals surface area contributed by atoms with Gasteiger partial charge in [0.05, 0.1) is 28.8 Å². The number of hydrogen-bond acceptors (Lipinski definition) is 8. The van der Waals surface area contributed by atoms with E-state index in [9.17, 15) is 8.42 Å². The molecule has 4 heterocycles. The zero-order valence-corrected chi connectivity index (χ0v) is 22.5. The van der Waals surface area contributed by atoms with Crippen molar-refractivity contribution in [2.24, 2.45) is 7.05 Å². The number of nitrogens with one attached hydrogen (secondary N) is 2. The molecule has 0 amide bonds. The minimum Gasteiger partial charge on any atom is -0.351 e. The Morgan fingerprint density at radius 2 is 2.03 bits per heavy atom. The first-order valence-corrected chi connectivity index (χ1v) is 13.9. The number of rotatable bonds is 8. The number of hydrogen-bond donors (Lipinski definition) is 2. The van der Waals surface area contributed by atoms with E-state index in [1.165, 1.54) is 21.3 Å². The predicted octanol–water partition coefficient (Wildman–Crippen LogP) is 3.01. The first kappa shape index (κ1) is 22.6. The van der Waals surface area contributed by atoms with Crippen LogP contribution in [0.4, 0.5) is 5.95 Å². The monoisotopic (exact) mass is 558 g/mol. The Kier molecular flexibility index (Phi) is 6.44. The summed E-state index contributed by atoms with van der Waals surface area (Å²) in [6.45, 7) is 0.671. The topological polar surface area (TPSA) is 123 Å². The molecule has 3 aromatic heterocycles. The lowest BCUT2D eigenvalue weighted by atomic mass is 10.1. The number of benzene rings is 1. The minimum absolute atomic E-state index is 0.0112. The van der Waals surface area contributed by atoms with E-state index in [-0.39, 0.29) is 17.6 Å². The van der Waals surface area contributed by atoms with Crippen LogP contribution in [0, 0.1) is 6.92 Å². The van der Waals surface area contributed by atoms with Gasteiger partial charge in [0.25, 0.3) is 10.0 Å². The van der Waals surface area contributed by atoms with Gasteiger partial charge in [0, 0.05) is 54.8 Å². The number of aryl methyl sites for hydroxylation is 2. The summed E-state index contributed by atoms with van der Waals surface area (Å²) in [5, 5.41) is 14.8. The number of piperidine rings is 1. The highest BCUT2D eigenvalue weighted by molar-refractivity contribution is 7.89. The van der Waals surface area contributed by atoms with Crippen LogP contribution in [0.5, 0.6) is 0 Å². The van der Waals surface area contributed by atoms with Gasteiger partial charge in [-0.25, -0.2) is 23.1 Å². The molecule has 1 aliphatic rings. The van der Waals surface area contributed by atoms with Gasteiger partial charge < -0.3 is 10.6 Å². The SMILES string of the molecule is [2H]C([2H])([2H])NCc1ccc(-n2cc(-c3nc(NC4CCN(S(=O)(=O)c5ccn(C)n5)CC4)ncc3Cl)cn2)c(C)c1. The van der Waals surface area contributed by atoms with Crippen molar-refractivity contribution < 1.29 is 12.5 Å². The molecule has 11 nitrogen and oxygen atoms in total. The van der Waals surface area contributed by atoms with E-state index in [0.717, 1.165) is 16.8 Å². The maximum atomic E-state index is 12.9. The van der Waals surface area contributed by atoms with E-state index in [2.05, 4.69) is 30.8 Å². The molecule has 1 aromatic carbocycles. The summed E-state index contributed by atoms with van der Waals surface area (Å²) in [5.74, 6) is 0.394. The second-order valence-corrected chi connectivity index (χ2v) is 11.5. The van der Waals surface area contributed by atoms with Crippen LogP contribution in [0.3, 0.4) is 0 Å². The first-order chi connectivity index (χ1) is 19.4. The van der Waals surface area contributed by atoms with Crippen LogP contribution in [0.2, 0.25) is 5.02 Å². The Balaban J connectivity index is 1.25. The van der Waals surface area contributed by atoms with Crippen LogP contribution < -0.4 is 10.6 Å². The molecule has 0 bridgehead atoms. The summed E-state index contributed by atoms with van der Waals surface area (Å²) in [6, 6.07) is 7.15. The van der Waals surface area contributed by atoms with Crippen LogP contribution >= 0.6 is 11.6 Å². The van der Waals surface area contributed by atoms with Crippen LogP contribution in [-0.2, 0) is 23.6 Å². The second-order valence-electron chi connectivity index (χ2n) is 9.19. The van der Waals surface area contributed by atoms with E-state index in [0.29, 0.717) is 48.2 Å². The molecule has 0 spiro atoms. The highest BCUT2D eigenvalue weighted by Crippen LogP contribution is 2.28. The number of sulfonamides is 1. The van der Waals surface area contributed by atoms with Crippen molar-refractivity contribution in [3.8, 4) is 16.9 Å². The molecule has 200 valence electrons. The number of anilines is 1. The number of nitrogens with zero attached hydrogens (tertiary/aromatic N) is 7. The average Bonchev–Trinajstić information content (AvgIpc) is 3.58. The maximum Gasteiger partial charge on any atom is 0.262 e. The van der Waals surface area contributed by atoms with Crippen molar-refractivity contribution in [1.82, 2.24) is 39.2 Å². The third-order valence-electron chi connectivity index (χ3n) is 6.48. The molecule has 0 unspecified atom stereocenters. The molecule has 13 heteroatoms. The lowest BCUT2D eigenvalue weighted by molar-refractivity contribution is 0.328. The van der Waals surface area contributed by atoms with E-state index < -0.39 is 17.0 Å². The Bertz CT molecular complexity index is 1650. The van der Waals surface area contributed by atoms with E-state index >= 15 is 0 Å². The minimum atomic E-state index is -3.63. The van der Waals surface area contributed by atoms with Gasteiger partial charge in [-0.15, -0.1) is 0 Å². The van der Waals surface area contributed by atoms with Crippen LogP contribution in [0.25, 0.3) is 16.9 Å². The zero-order chi connectivity index (χ0) is 29.4. The van der Waals surface area contributed by atoms with Crippen molar-refractivity contribution in [2.75, 3.05) is 25.4 Å². The molecule has 0 aliphatic carbocycles. The highest BCUT2D eigenvalue weighted by atomic mass is 35.5. The molecule has 0 radical (unpaired) electrons. The summed E-state index contributed by atoms with van der Waals surface area (Å²) in [4.78, 5) is 8.96. The molecule has 1 fully saturated rings. The van der Waals surface area contributed by atoms with Gasteiger partial charge in [-0.3, -0.25) is 4.68 Å². The molecular weight excluding hydrogens is 526 g/mol. The van der Waals surface area contributed by atoms with E-state index in [4.69, 9.17) is 15.7 Å². The Morgan fingerprint density at radius 3 is 2.74 bits per heavy atom. The molecule has 1 aliphatic heterocycles. The second kappa shape index (κ2) is 10.8. The molecule has 2 N–H and O–H groups in total. The summed E-state index contributed by atoms with van der Waals surface area (Å²) >= 11 is 6.46. The van der Waals surface area contributed by atoms with Gasteiger partial charge in [-0.1, -0.05) is 23.7 Å². The van der Waals surface area contributed by atoms with Crippen LogP contribution in [0.1, 0.15) is 28.1 Å². The zero-order valence-electron chi connectivity index (χ0n) is 24.0. The maximum absolute atomic E-state index is 12.9. The fourth-order valence-corrected chi connectivity index (χ4v) is 6.11. The van der Waals surface area contributed by atoms with Gasteiger partial charge in [-0.2, -0.15) is 14.5 Å². The summed E-state index contributed by atoms with van der Waals surface area (Å²) in [5.41, 5.74) is 3.83. The van der Waals surface area contributed by atoms with Gasteiger partial charge in [0.15, 0.2) is 5.03 Å². The molecule has 1 saturated heterocycles. The molecule has 5 rings (SSSR count). The summed E-state index contributed by atoms with van der Waals surface area (Å²) < 4.78 is 52.3. The van der Waals surface area contributed by atoms with E-state index in [1.54, 1.807) is 24.1 Å². The van der Waals surface area contributed by atoms with Crippen molar-refractivity contribution in [3.63, 3.8) is 0 Å². The largest absolute Gasteiger partial charge is 0.351 e. The van der Waals surface area contributed by atoms with Crippen molar-refractivity contribution in [3.05, 3.63) is 65.2 Å². The molecule has 38 heavy (non-hydrogen) atoms. The van der Waals surface area contributed by atoms with Crippen molar-refractivity contribution in [1.29, 1.82) is 0 Å². The van der Waals surface area contributed by atoms with Crippen molar-refractivity contribution in [2.45, 2.75) is 37.4 Å². The Morgan fingerprint density at radius 1 is 1.21 bits per heavy atom. The quantitative estimate of drug-likeness (QED) is 0.338. The van der Waals surface area contributed by atoms with Crippen LogP contribution in [-0.4, -0.2) is 68.4 Å². The van der Waals surface area contributed by atoms with Crippen molar-refractivity contribution >= 4 is 27.6 Å². The van der Waals surface area contributed by atoms with Gasteiger partial charge in [0.2, 0.25) is 5.95 Å². The number of halogens is 1. The van der Waals surface area contributed by atoms with Gasteiger partial charge in [-0.05, 0) is 50.0 Å². The molecule has 0 saturated carbocycles. The van der Waals surface area contributed by atoms with Gasteiger partial charge in [0.1, 0.15) is 0 Å². The molecule has 4 aromatic rings. The molecule has 0 atom stereocenters. The van der Waals surface area contributed by atoms with E-state index in [1.807, 2.05) is 31.3 Å². The lowest BCUT2D eigenvalue weighted by Gasteiger charge is -2.31. The standard InChI is InChI=1S/C25H30ClN9O2S/c1-17-12-18(13-27-2)4-5-22(17)35-16-19(14-29-35)24-21(26)15-28-25(31-24)30-20-6-10-34(11-7-20)38(36,37)23-8-9-33(3)32-23/h4-5,8-9,12,14-16,20,27H,6-7,10-11,13H2,1-3H3,(H,28,30,31)/i2D3. The smallest absolute Gasteiger partial charge is 0.262 e. The summed E-state index contributed by atoms with van der Waals surface area (Å²) in [6.07, 6.45) is 7.80. The highest BCUT2D eigenvalue weighted by Gasteiger charge is 2.31. The van der Waals surface area contributed by atoms with Crippen LogP contribution in [0.15, 0.2) is 54.1 Å². The fourth-order valence-electron chi connectivity index (χ4n) is 4.49. The lowest BCUT2D eigenvalue weighted by Crippen LogP contribution is -2.42. The predicted molar refractivity (Wildman–Crippen MR) is 146 cm³/mol. The third-order valence-corrected chi connectivity index (χ3v) is 8.55. The normalized spacial score (nSPS) is 16.7. The molecular formula is C25H30ClN9O2S. The summed E-state index contributed by atoms with van der Waals surface area (Å²) in [7, 11) is -1.95. The Labute approximate surface area is 231 Å². The Hall–Kier alpha value is -3.32. The van der Waals surface area contributed by atoms with Gasteiger partial charge >= 0.3 is 0 Å². The fraction of sp³-hybridized carbons (Fsp3) is 0.360. The average molecular weight is 559 g/mol.